The molecule has 0 bridgehead atoms. The van der Waals surface area contributed by atoms with Crippen LogP contribution in [0.4, 0.5) is 18.9 Å². The summed E-state index contributed by atoms with van der Waals surface area (Å²) in [5.74, 6) is 0. The van der Waals surface area contributed by atoms with Crippen molar-refractivity contribution in [3.05, 3.63) is 48.3 Å². The molecule has 0 fully saturated rings. The lowest BCUT2D eigenvalue weighted by atomic mass is 10.1. The molecule has 24 heavy (non-hydrogen) atoms. The summed E-state index contributed by atoms with van der Waals surface area (Å²) < 4.78 is 41.7. The van der Waals surface area contributed by atoms with Crippen molar-refractivity contribution < 1.29 is 17.9 Å². The number of nitrogens with zero attached hydrogens (tertiary/aromatic N) is 2. The van der Waals surface area contributed by atoms with Gasteiger partial charge in [-0.1, -0.05) is 30.3 Å². The molecule has 1 aromatic carbocycles. The third-order valence-electron chi connectivity index (χ3n) is 2.92. The average molecular weight is 358 g/mol. The number of rotatable bonds is 7. The van der Waals surface area contributed by atoms with Crippen molar-refractivity contribution in [1.82, 2.24) is 15.1 Å². The number of hydrogen-bond donors (Lipinski definition) is 2. The number of thiocarbonyl (C=S) groups is 1. The molecule has 0 amide bonds. The molecule has 0 unspecified atom stereocenters. The zero-order valence-corrected chi connectivity index (χ0v) is 13.5. The van der Waals surface area contributed by atoms with Crippen molar-refractivity contribution in [1.29, 1.82) is 0 Å². The van der Waals surface area contributed by atoms with E-state index in [1.807, 2.05) is 30.3 Å². The van der Waals surface area contributed by atoms with Gasteiger partial charge in [0.05, 0.1) is 18.1 Å². The Balaban J connectivity index is 1.68. The van der Waals surface area contributed by atoms with E-state index in [0.717, 1.165) is 6.42 Å². The Labute approximate surface area is 142 Å². The van der Waals surface area contributed by atoms with Gasteiger partial charge in [0, 0.05) is 6.54 Å². The zero-order valence-electron chi connectivity index (χ0n) is 12.7. The molecule has 0 aliphatic rings. The van der Waals surface area contributed by atoms with E-state index in [9.17, 15) is 13.2 Å². The summed E-state index contributed by atoms with van der Waals surface area (Å²) in [7, 11) is 0. The lowest BCUT2D eigenvalue weighted by Crippen LogP contribution is -2.30. The molecule has 0 aliphatic carbocycles. The first-order valence-electron chi connectivity index (χ1n) is 7.18. The molecular weight excluding hydrogens is 341 g/mol. The van der Waals surface area contributed by atoms with E-state index >= 15 is 0 Å². The van der Waals surface area contributed by atoms with Crippen LogP contribution in [-0.2, 0) is 17.9 Å². The van der Waals surface area contributed by atoms with Crippen LogP contribution in [0, 0.1) is 0 Å². The number of benzene rings is 1. The Bertz CT molecular complexity index is 646. The first kappa shape index (κ1) is 18.2. The Kier molecular flexibility index (Phi) is 6.56. The minimum absolute atomic E-state index is 0.282. The number of anilines is 1. The van der Waals surface area contributed by atoms with Gasteiger partial charge in [0.2, 0.25) is 0 Å². The molecular formula is C15H17F3N4OS. The lowest BCUT2D eigenvalue weighted by molar-refractivity contribution is -0.182. The van der Waals surface area contributed by atoms with Crippen LogP contribution in [0.25, 0.3) is 0 Å². The topological polar surface area (TPSA) is 51.1 Å². The molecule has 9 heteroatoms. The second-order valence-corrected chi connectivity index (χ2v) is 5.39. The van der Waals surface area contributed by atoms with Crippen LogP contribution in [0.15, 0.2) is 42.7 Å². The molecule has 0 atom stereocenters. The Morgan fingerprint density at radius 3 is 2.71 bits per heavy atom. The van der Waals surface area contributed by atoms with Crippen molar-refractivity contribution in [3.8, 4) is 0 Å². The van der Waals surface area contributed by atoms with E-state index in [-0.39, 0.29) is 6.73 Å². The normalized spacial score (nSPS) is 11.3. The fraction of sp³-hybridized carbons (Fsp3) is 0.333. The predicted molar refractivity (Wildman–Crippen MR) is 88.6 cm³/mol. The van der Waals surface area contributed by atoms with Crippen LogP contribution in [0.1, 0.15) is 5.56 Å². The third kappa shape index (κ3) is 6.97. The van der Waals surface area contributed by atoms with E-state index < -0.39 is 12.8 Å². The van der Waals surface area contributed by atoms with Gasteiger partial charge in [0.15, 0.2) is 5.11 Å². The fourth-order valence-electron chi connectivity index (χ4n) is 1.89. The summed E-state index contributed by atoms with van der Waals surface area (Å²) in [6, 6.07) is 9.97. The van der Waals surface area contributed by atoms with E-state index in [1.165, 1.54) is 22.6 Å². The van der Waals surface area contributed by atoms with Crippen LogP contribution in [0.5, 0.6) is 0 Å². The quantitative estimate of drug-likeness (QED) is 0.746. The molecule has 2 rings (SSSR count). The minimum Gasteiger partial charge on any atom is -0.362 e. The first-order chi connectivity index (χ1) is 11.4. The van der Waals surface area contributed by atoms with Crippen LogP contribution in [-0.4, -0.2) is 34.2 Å². The van der Waals surface area contributed by atoms with E-state index in [4.69, 9.17) is 12.2 Å². The van der Waals surface area contributed by atoms with Crippen LogP contribution in [0.2, 0.25) is 0 Å². The van der Waals surface area contributed by atoms with Gasteiger partial charge in [-0.05, 0) is 24.2 Å². The number of ether oxygens (including phenoxy) is 1. The van der Waals surface area contributed by atoms with Gasteiger partial charge in [0.25, 0.3) is 0 Å². The SMILES string of the molecule is FC(F)(F)COCn1cc(NC(=S)NCCc2ccccc2)cn1. The largest absolute Gasteiger partial charge is 0.411 e. The maximum Gasteiger partial charge on any atom is 0.411 e. The van der Waals surface area contributed by atoms with Crippen molar-refractivity contribution in [2.24, 2.45) is 0 Å². The molecule has 0 saturated heterocycles. The molecule has 2 N–H and O–H groups in total. The van der Waals surface area contributed by atoms with Gasteiger partial charge < -0.3 is 15.4 Å². The molecule has 0 saturated carbocycles. The lowest BCUT2D eigenvalue weighted by Gasteiger charge is -2.09. The number of halogens is 3. The van der Waals surface area contributed by atoms with Crippen molar-refractivity contribution in [2.75, 3.05) is 18.5 Å². The summed E-state index contributed by atoms with van der Waals surface area (Å²) in [5, 5.41) is 10.3. The number of alkyl halides is 3. The summed E-state index contributed by atoms with van der Waals surface area (Å²) in [6.07, 6.45) is -0.546. The predicted octanol–water partition coefficient (Wildman–Crippen LogP) is 2.95. The summed E-state index contributed by atoms with van der Waals surface area (Å²) in [5.41, 5.74) is 1.77. The highest BCUT2D eigenvalue weighted by molar-refractivity contribution is 7.80. The van der Waals surface area contributed by atoms with E-state index in [1.54, 1.807) is 0 Å². The standard InChI is InChI=1S/C15H17F3N4OS/c16-15(17,18)10-23-11-22-9-13(8-20-22)21-14(24)19-7-6-12-4-2-1-3-5-12/h1-5,8-9H,6-7,10-11H2,(H2,19,21,24). The second kappa shape index (κ2) is 8.65. The van der Waals surface area contributed by atoms with Crippen LogP contribution in [0.3, 0.4) is 0 Å². The van der Waals surface area contributed by atoms with Crippen molar-refractivity contribution in [2.45, 2.75) is 19.3 Å². The first-order valence-corrected chi connectivity index (χ1v) is 7.59. The van der Waals surface area contributed by atoms with Gasteiger partial charge in [-0.25, -0.2) is 4.68 Å². The molecule has 1 heterocycles. The van der Waals surface area contributed by atoms with Gasteiger partial charge in [0.1, 0.15) is 13.3 Å². The molecule has 2 aromatic rings. The van der Waals surface area contributed by atoms with Crippen molar-refractivity contribution in [3.63, 3.8) is 0 Å². The van der Waals surface area contributed by atoms with Gasteiger partial charge in [-0.3, -0.25) is 0 Å². The maximum absolute atomic E-state index is 12.0. The highest BCUT2D eigenvalue weighted by atomic mass is 32.1. The Hall–Kier alpha value is -2.13. The second-order valence-electron chi connectivity index (χ2n) is 4.98. The molecule has 130 valence electrons. The number of aromatic nitrogens is 2. The van der Waals surface area contributed by atoms with Gasteiger partial charge in [-0.15, -0.1) is 0 Å². The van der Waals surface area contributed by atoms with E-state index in [0.29, 0.717) is 17.3 Å². The Morgan fingerprint density at radius 2 is 2.00 bits per heavy atom. The molecule has 1 aromatic heterocycles. The summed E-state index contributed by atoms with van der Waals surface area (Å²) >= 11 is 5.16. The summed E-state index contributed by atoms with van der Waals surface area (Å²) in [6.45, 7) is -0.927. The third-order valence-corrected chi connectivity index (χ3v) is 3.17. The Morgan fingerprint density at radius 1 is 1.25 bits per heavy atom. The fourth-order valence-corrected chi connectivity index (χ4v) is 2.11. The summed E-state index contributed by atoms with van der Waals surface area (Å²) in [4.78, 5) is 0. The number of hydrogen-bond acceptors (Lipinski definition) is 3. The average Bonchev–Trinajstić information content (AvgIpc) is 2.94. The highest BCUT2D eigenvalue weighted by Crippen LogP contribution is 2.14. The molecule has 0 aliphatic heterocycles. The maximum atomic E-state index is 12.0. The highest BCUT2D eigenvalue weighted by Gasteiger charge is 2.27. The van der Waals surface area contributed by atoms with E-state index in [2.05, 4.69) is 20.5 Å². The van der Waals surface area contributed by atoms with Crippen LogP contribution < -0.4 is 10.6 Å². The van der Waals surface area contributed by atoms with Crippen molar-refractivity contribution >= 4 is 23.0 Å². The zero-order chi connectivity index (χ0) is 17.4. The number of nitrogens with one attached hydrogen (secondary N) is 2. The monoisotopic (exact) mass is 358 g/mol. The molecule has 0 spiro atoms. The minimum atomic E-state index is -4.35. The van der Waals surface area contributed by atoms with Gasteiger partial charge >= 0.3 is 6.18 Å². The molecule has 5 nitrogen and oxygen atoms in total. The van der Waals surface area contributed by atoms with Gasteiger partial charge in [-0.2, -0.15) is 18.3 Å². The molecule has 0 radical (unpaired) electrons. The van der Waals surface area contributed by atoms with Crippen LogP contribution >= 0.6 is 12.2 Å². The smallest absolute Gasteiger partial charge is 0.362 e.